The lowest BCUT2D eigenvalue weighted by molar-refractivity contribution is -0.408. The highest BCUT2D eigenvalue weighted by molar-refractivity contribution is 6.30. The van der Waals surface area contributed by atoms with Gasteiger partial charge in [0.2, 0.25) is 0 Å². The van der Waals surface area contributed by atoms with E-state index in [1.54, 1.807) is 49.4 Å². The highest BCUT2D eigenvalue weighted by Crippen LogP contribution is 2.65. The normalized spacial score (nSPS) is 29.0. The summed E-state index contributed by atoms with van der Waals surface area (Å²) in [6.45, 7) is 1.79. The SMILES string of the molecule is CC12CC(c3ccc(C(=O)Nc4ccc(Cl)cc4)cc3)C3=C4CCC(=O)C=C4CCC3C1CCC2OC(F)(F)C(F)(F)F. The summed E-state index contributed by atoms with van der Waals surface area (Å²) in [4.78, 5) is 25.2. The fourth-order valence-electron chi connectivity index (χ4n) is 7.95. The number of benzene rings is 2. The van der Waals surface area contributed by atoms with Crippen molar-refractivity contribution >= 4 is 29.0 Å². The van der Waals surface area contributed by atoms with Crippen LogP contribution in [0.25, 0.3) is 0 Å². The van der Waals surface area contributed by atoms with E-state index >= 15 is 0 Å². The van der Waals surface area contributed by atoms with E-state index in [1.165, 1.54) is 0 Å². The molecule has 0 heterocycles. The molecule has 1 N–H and O–H groups in total. The Bertz CT molecular complexity index is 1500. The van der Waals surface area contributed by atoms with Crippen LogP contribution in [0.5, 0.6) is 0 Å². The van der Waals surface area contributed by atoms with Crippen molar-refractivity contribution in [2.45, 2.75) is 76.2 Å². The molecule has 0 aliphatic heterocycles. The minimum Gasteiger partial charge on any atom is -0.322 e. The van der Waals surface area contributed by atoms with Gasteiger partial charge < -0.3 is 10.1 Å². The second kappa shape index (κ2) is 10.8. The quantitative estimate of drug-likeness (QED) is 0.340. The lowest BCUT2D eigenvalue weighted by Gasteiger charge is -2.52. The Morgan fingerprint density at radius 2 is 1.65 bits per heavy atom. The number of halogens is 6. The molecule has 43 heavy (non-hydrogen) atoms. The number of ether oxygens (including phenoxy) is 1. The van der Waals surface area contributed by atoms with E-state index in [1.807, 2.05) is 12.1 Å². The summed E-state index contributed by atoms with van der Waals surface area (Å²) in [7, 11) is 0. The number of hydrogen-bond donors (Lipinski definition) is 1. The fourth-order valence-corrected chi connectivity index (χ4v) is 8.08. The molecule has 4 aliphatic rings. The molecule has 0 aromatic heterocycles. The van der Waals surface area contributed by atoms with Gasteiger partial charge in [-0.05, 0) is 115 Å². The largest absolute Gasteiger partial charge is 0.482 e. The first-order valence-corrected chi connectivity index (χ1v) is 14.9. The van der Waals surface area contributed by atoms with Gasteiger partial charge in [-0.25, -0.2) is 0 Å². The maximum absolute atomic E-state index is 14.2. The van der Waals surface area contributed by atoms with Gasteiger partial charge in [0.05, 0.1) is 6.10 Å². The Kier molecular flexibility index (Phi) is 7.57. The van der Waals surface area contributed by atoms with Crippen molar-refractivity contribution in [3.05, 3.63) is 87.5 Å². The van der Waals surface area contributed by atoms with Crippen molar-refractivity contribution in [2.24, 2.45) is 17.3 Å². The monoisotopic (exact) mass is 619 g/mol. The standard InChI is InChI=1S/C33H31ClF5NO3/c1-31-17-26(18-2-4-19(5-3-18)30(42)40-22-9-7-21(34)8-10-22)29-24-13-11-23(41)16-20(24)6-12-25(29)27(31)14-15-28(31)43-33(38,39)32(35,36)37/h2-5,7-10,16,25-28H,6,11-15,17H2,1H3,(H,40,42). The van der Waals surface area contributed by atoms with Gasteiger partial charge in [-0.3, -0.25) is 9.59 Å². The van der Waals surface area contributed by atoms with Gasteiger partial charge in [0.25, 0.3) is 5.91 Å². The summed E-state index contributed by atoms with van der Waals surface area (Å²) < 4.78 is 72.5. The van der Waals surface area contributed by atoms with Crippen molar-refractivity contribution in [1.29, 1.82) is 0 Å². The number of anilines is 1. The van der Waals surface area contributed by atoms with Crippen LogP contribution in [0, 0.1) is 17.3 Å². The summed E-state index contributed by atoms with van der Waals surface area (Å²) in [6, 6.07) is 13.8. The molecule has 6 rings (SSSR count). The Labute approximate surface area is 251 Å². The van der Waals surface area contributed by atoms with E-state index in [-0.39, 0.29) is 35.9 Å². The first kappa shape index (κ1) is 30.0. The van der Waals surface area contributed by atoms with Crippen LogP contribution in [0.15, 0.2) is 71.3 Å². The molecule has 4 nitrogen and oxygen atoms in total. The van der Waals surface area contributed by atoms with Crippen molar-refractivity contribution in [2.75, 3.05) is 5.32 Å². The van der Waals surface area contributed by atoms with Gasteiger partial charge in [-0.2, -0.15) is 22.0 Å². The second-order valence-corrected chi connectivity index (χ2v) is 12.8. The molecule has 0 radical (unpaired) electrons. The molecule has 0 bridgehead atoms. The van der Waals surface area contributed by atoms with Gasteiger partial charge in [-0.15, -0.1) is 0 Å². The number of nitrogens with one attached hydrogen (secondary N) is 1. The van der Waals surface area contributed by atoms with Crippen molar-refractivity contribution in [1.82, 2.24) is 0 Å². The second-order valence-electron chi connectivity index (χ2n) is 12.4. The molecule has 4 aliphatic carbocycles. The molecule has 5 atom stereocenters. The number of amides is 1. The first-order valence-electron chi connectivity index (χ1n) is 14.5. The third kappa shape index (κ3) is 5.43. The Balaban J connectivity index is 1.35. The predicted molar refractivity (Wildman–Crippen MR) is 152 cm³/mol. The molecular formula is C33H31ClF5NO3. The Hall–Kier alpha value is -3.04. The Morgan fingerprint density at radius 3 is 2.33 bits per heavy atom. The first-order chi connectivity index (χ1) is 20.3. The maximum Gasteiger partial charge on any atom is 0.482 e. The smallest absolute Gasteiger partial charge is 0.322 e. The average molecular weight is 620 g/mol. The van der Waals surface area contributed by atoms with E-state index in [0.29, 0.717) is 54.8 Å². The number of alkyl halides is 5. The van der Waals surface area contributed by atoms with Crippen LogP contribution in [0.2, 0.25) is 5.02 Å². The number of rotatable bonds is 5. The summed E-state index contributed by atoms with van der Waals surface area (Å²) in [5.74, 6) is -0.671. The number of hydrogen-bond acceptors (Lipinski definition) is 3. The Morgan fingerprint density at radius 1 is 0.953 bits per heavy atom. The van der Waals surface area contributed by atoms with Crippen LogP contribution >= 0.6 is 11.6 Å². The topological polar surface area (TPSA) is 55.4 Å². The molecule has 5 unspecified atom stereocenters. The van der Waals surface area contributed by atoms with Crippen LogP contribution < -0.4 is 5.32 Å². The number of carbonyl (C=O) groups is 2. The van der Waals surface area contributed by atoms with Crippen LogP contribution in [-0.2, 0) is 9.53 Å². The lowest BCUT2D eigenvalue weighted by Crippen LogP contribution is -2.50. The number of fused-ring (bicyclic) bond motifs is 4. The third-order valence-electron chi connectivity index (χ3n) is 9.94. The van der Waals surface area contributed by atoms with Gasteiger partial charge in [-0.1, -0.05) is 36.2 Å². The minimum absolute atomic E-state index is 0.0231. The van der Waals surface area contributed by atoms with Crippen LogP contribution in [0.4, 0.5) is 27.6 Å². The van der Waals surface area contributed by atoms with Crippen molar-refractivity contribution in [3.63, 3.8) is 0 Å². The minimum atomic E-state index is -5.80. The van der Waals surface area contributed by atoms with Gasteiger partial charge in [0, 0.05) is 28.6 Å². The molecule has 2 fully saturated rings. The lowest BCUT2D eigenvalue weighted by atomic mass is 9.53. The summed E-state index contributed by atoms with van der Waals surface area (Å²) >= 11 is 5.93. The van der Waals surface area contributed by atoms with Crippen LogP contribution in [0.1, 0.15) is 73.7 Å². The van der Waals surface area contributed by atoms with Crippen LogP contribution in [-0.4, -0.2) is 30.1 Å². The molecule has 2 aromatic carbocycles. The zero-order chi connectivity index (χ0) is 30.7. The zero-order valence-electron chi connectivity index (χ0n) is 23.4. The summed E-state index contributed by atoms with van der Waals surface area (Å²) in [5.41, 5.74) is 4.20. The molecule has 1 amide bonds. The summed E-state index contributed by atoms with van der Waals surface area (Å²) in [6.07, 6.45) is -7.33. The number of carbonyl (C=O) groups excluding carboxylic acids is 2. The molecule has 228 valence electrons. The molecule has 2 saturated carbocycles. The third-order valence-corrected chi connectivity index (χ3v) is 10.2. The fraction of sp³-hybridized carbons (Fsp3) is 0.455. The highest BCUT2D eigenvalue weighted by atomic mass is 35.5. The van der Waals surface area contributed by atoms with Crippen molar-refractivity contribution < 1.29 is 36.3 Å². The molecular weight excluding hydrogens is 589 g/mol. The van der Waals surface area contributed by atoms with E-state index in [0.717, 1.165) is 22.3 Å². The van der Waals surface area contributed by atoms with Crippen LogP contribution in [0.3, 0.4) is 0 Å². The number of ketones is 1. The molecule has 0 spiro atoms. The molecule has 2 aromatic rings. The van der Waals surface area contributed by atoms with Gasteiger partial charge >= 0.3 is 12.3 Å². The number of allylic oxidation sites excluding steroid dienone is 4. The predicted octanol–water partition coefficient (Wildman–Crippen LogP) is 9.03. The van der Waals surface area contributed by atoms with Crippen molar-refractivity contribution in [3.8, 4) is 0 Å². The van der Waals surface area contributed by atoms with Gasteiger partial charge in [0.1, 0.15) is 0 Å². The van der Waals surface area contributed by atoms with E-state index < -0.39 is 23.8 Å². The van der Waals surface area contributed by atoms with E-state index in [4.69, 9.17) is 11.6 Å². The average Bonchev–Trinajstić information content (AvgIpc) is 3.28. The molecule has 0 saturated heterocycles. The molecule has 10 heteroatoms. The van der Waals surface area contributed by atoms with E-state index in [9.17, 15) is 31.5 Å². The summed E-state index contributed by atoms with van der Waals surface area (Å²) in [5, 5.41) is 3.36. The highest BCUT2D eigenvalue weighted by Gasteiger charge is 2.65. The van der Waals surface area contributed by atoms with Gasteiger partial charge in [0.15, 0.2) is 5.78 Å². The maximum atomic E-state index is 14.2. The van der Waals surface area contributed by atoms with E-state index in [2.05, 4.69) is 10.1 Å². The zero-order valence-corrected chi connectivity index (χ0v) is 24.2.